The van der Waals surface area contributed by atoms with Crippen molar-refractivity contribution < 1.29 is 0 Å². The molecule has 2 heterocycles. The van der Waals surface area contributed by atoms with E-state index in [4.69, 9.17) is 0 Å². The Morgan fingerprint density at radius 3 is 2.94 bits per heavy atom. The van der Waals surface area contributed by atoms with Crippen molar-refractivity contribution in [2.45, 2.75) is 26.4 Å². The summed E-state index contributed by atoms with van der Waals surface area (Å²) in [7, 11) is 0. The van der Waals surface area contributed by atoms with E-state index in [9.17, 15) is 4.79 Å². The van der Waals surface area contributed by atoms with Crippen molar-refractivity contribution in [1.82, 2.24) is 19.1 Å². The molecule has 0 spiro atoms. The van der Waals surface area contributed by atoms with Gasteiger partial charge in [0.1, 0.15) is 0 Å². The van der Waals surface area contributed by atoms with Gasteiger partial charge in [-0.3, -0.25) is 4.57 Å². The van der Waals surface area contributed by atoms with Crippen LogP contribution in [0.1, 0.15) is 25.6 Å². The first-order chi connectivity index (χ1) is 7.68. The summed E-state index contributed by atoms with van der Waals surface area (Å²) in [6, 6.07) is 2.09. The fourth-order valence-electron chi connectivity index (χ4n) is 1.60. The summed E-state index contributed by atoms with van der Waals surface area (Å²) in [5.41, 5.74) is 0.768. The molecule has 0 N–H and O–H groups in total. The van der Waals surface area contributed by atoms with Gasteiger partial charge >= 0.3 is 5.69 Å². The third-order valence-corrected chi connectivity index (χ3v) is 2.42. The zero-order valence-corrected chi connectivity index (χ0v) is 9.37. The Morgan fingerprint density at radius 1 is 1.44 bits per heavy atom. The minimum absolute atomic E-state index is 0.237. The Labute approximate surface area is 93.4 Å². The molecular weight excluding hydrogens is 204 g/mol. The van der Waals surface area contributed by atoms with Crippen molar-refractivity contribution in [3.05, 3.63) is 47.2 Å². The highest BCUT2D eigenvalue weighted by molar-refractivity contribution is 5.01. The van der Waals surface area contributed by atoms with E-state index in [1.54, 1.807) is 29.4 Å². The third kappa shape index (κ3) is 2.03. The Bertz CT molecular complexity index is 527. The van der Waals surface area contributed by atoms with E-state index in [2.05, 4.69) is 23.8 Å². The number of imidazole rings is 1. The van der Waals surface area contributed by atoms with E-state index in [-0.39, 0.29) is 5.69 Å². The van der Waals surface area contributed by atoms with Gasteiger partial charge in [-0.2, -0.15) is 0 Å². The van der Waals surface area contributed by atoms with Crippen molar-refractivity contribution in [3.63, 3.8) is 0 Å². The molecule has 0 unspecified atom stereocenters. The van der Waals surface area contributed by atoms with E-state index in [1.807, 2.05) is 4.57 Å². The maximum atomic E-state index is 11.4. The highest BCUT2D eigenvalue weighted by atomic mass is 16.1. The largest absolute Gasteiger partial charge is 0.347 e. The molecule has 0 radical (unpaired) electrons. The first kappa shape index (κ1) is 10.6. The lowest BCUT2D eigenvalue weighted by atomic mass is 10.3. The van der Waals surface area contributed by atoms with Crippen LogP contribution in [0.4, 0.5) is 0 Å². The van der Waals surface area contributed by atoms with Crippen LogP contribution in [0.2, 0.25) is 0 Å². The summed E-state index contributed by atoms with van der Waals surface area (Å²) in [6.07, 6.45) is 6.78. The number of hydrogen-bond donors (Lipinski definition) is 0. The highest BCUT2D eigenvalue weighted by Crippen LogP contribution is 2.09. The molecule has 0 atom stereocenters. The molecule has 16 heavy (non-hydrogen) atoms. The molecule has 0 amide bonds. The molecule has 0 aliphatic heterocycles. The molecule has 0 aromatic carbocycles. The summed E-state index contributed by atoms with van der Waals surface area (Å²) in [4.78, 5) is 19.3. The summed E-state index contributed by atoms with van der Waals surface area (Å²) in [5, 5.41) is 0. The lowest BCUT2D eigenvalue weighted by Crippen LogP contribution is -2.23. The highest BCUT2D eigenvalue weighted by Gasteiger charge is 2.06. The molecular formula is C11H14N4O. The van der Waals surface area contributed by atoms with Gasteiger partial charge in [0, 0.05) is 24.6 Å². The fourth-order valence-corrected chi connectivity index (χ4v) is 1.60. The Kier molecular flexibility index (Phi) is 2.85. The van der Waals surface area contributed by atoms with E-state index >= 15 is 0 Å². The van der Waals surface area contributed by atoms with Gasteiger partial charge in [0.05, 0.1) is 18.6 Å². The minimum Gasteiger partial charge on any atom is -0.330 e. The maximum absolute atomic E-state index is 11.4. The van der Waals surface area contributed by atoms with Gasteiger partial charge in [0.25, 0.3) is 0 Å². The molecule has 5 nitrogen and oxygen atoms in total. The molecule has 2 aromatic heterocycles. The lowest BCUT2D eigenvalue weighted by Gasteiger charge is -2.12. The molecule has 5 heteroatoms. The van der Waals surface area contributed by atoms with Crippen molar-refractivity contribution in [2.75, 3.05) is 0 Å². The van der Waals surface area contributed by atoms with Gasteiger partial charge in [0.15, 0.2) is 0 Å². The Morgan fingerprint density at radius 2 is 2.25 bits per heavy atom. The molecule has 0 bridgehead atoms. The zero-order valence-electron chi connectivity index (χ0n) is 9.37. The summed E-state index contributed by atoms with van der Waals surface area (Å²) >= 11 is 0. The summed E-state index contributed by atoms with van der Waals surface area (Å²) < 4.78 is 3.61. The second-order valence-corrected chi connectivity index (χ2v) is 3.92. The standard InChI is InChI=1S/C11H14N4O/c1-9(2)15-8-12-6-10(15)7-14-5-3-4-13-11(14)16/h3-6,8-9H,7H2,1-2H3. The number of hydrogen-bond acceptors (Lipinski definition) is 3. The van der Waals surface area contributed by atoms with Crippen molar-refractivity contribution in [2.24, 2.45) is 0 Å². The van der Waals surface area contributed by atoms with E-state index in [1.165, 1.54) is 6.20 Å². The molecule has 0 aliphatic carbocycles. The van der Waals surface area contributed by atoms with Crippen LogP contribution in [0.25, 0.3) is 0 Å². The normalized spacial score (nSPS) is 10.9. The van der Waals surface area contributed by atoms with Crippen LogP contribution in [0.15, 0.2) is 35.8 Å². The lowest BCUT2D eigenvalue weighted by molar-refractivity contribution is 0.555. The average molecular weight is 218 g/mol. The maximum Gasteiger partial charge on any atom is 0.347 e. The first-order valence-corrected chi connectivity index (χ1v) is 5.20. The SMILES string of the molecule is CC(C)n1cncc1Cn1cccnc1=O. The predicted molar refractivity (Wildman–Crippen MR) is 60.2 cm³/mol. The van der Waals surface area contributed by atoms with Crippen molar-refractivity contribution in [3.8, 4) is 0 Å². The molecule has 0 aliphatic rings. The minimum atomic E-state index is -0.237. The molecule has 84 valence electrons. The second kappa shape index (κ2) is 4.30. The Balaban J connectivity index is 2.31. The summed E-state index contributed by atoms with van der Waals surface area (Å²) in [6.45, 7) is 4.67. The predicted octanol–water partition coefficient (Wildman–Crippen LogP) is 1.07. The van der Waals surface area contributed by atoms with Gasteiger partial charge in [-0.05, 0) is 19.9 Å². The van der Waals surface area contributed by atoms with Crippen molar-refractivity contribution >= 4 is 0 Å². The van der Waals surface area contributed by atoms with E-state index in [0.717, 1.165) is 5.69 Å². The number of nitrogens with zero attached hydrogens (tertiary/aromatic N) is 4. The molecule has 0 saturated carbocycles. The van der Waals surface area contributed by atoms with E-state index in [0.29, 0.717) is 12.6 Å². The smallest absolute Gasteiger partial charge is 0.330 e. The fraction of sp³-hybridized carbons (Fsp3) is 0.364. The van der Waals surface area contributed by atoms with Crippen LogP contribution in [-0.4, -0.2) is 19.1 Å². The average Bonchev–Trinajstić information content (AvgIpc) is 2.69. The van der Waals surface area contributed by atoms with Crippen LogP contribution in [0.3, 0.4) is 0 Å². The van der Waals surface area contributed by atoms with Crippen molar-refractivity contribution in [1.29, 1.82) is 0 Å². The number of aromatic nitrogens is 4. The number of rotatable bonds is 3. The molecule has 2 rings (SSSR count). The summed E-state index contributed by atoms with van der Waals surface area (Å²) in [5.74, 6) is 0. The van der Waals surface area contributed by atoms with Crippen LogP contribution in [0, 0.1) is 0 Å². The quantitative estimate of drug-likeness (QED) is 0.774. The van der Waals surface area contributed by atoms with Crippen LogP contribution < -0.4 is 5.69 Å². The first-order valence-electron chi connectivity index (χ1n) is 5.20. The van der Waals surface area contributed by atoms with Crippen LogP contribution >= 0.6 is 0 Å². The van der Waals surface area contributed by atoms with Gasteiger partial charge in [-0.25, -0.2) is 14.8 Å². The molecule has 0 saturated heterocycles. The van der Waals surface area contributed by atoms with E-state index < -0.39 is 0 Å². The van der Waals surface area contributed by atoms with Gasteiger partial charge in [-0.15, -0.1) is 0 Å². The van der Waals surface area contributed by atoms with Crippen LogP contribution in [0.5, 0.6) is 0 Å². The second-order valence-electron chi connectivity index (χ2n) is 3.92. The monoisotopic (exact) mass is 218 g/mol. The third-order valence-electron chi connectivity index (χ3n) is 2.42. The topological polar surface area (TPSA) is 52.7 Å². The molecule has 0 fully saturated rings. The zero-order chi connectivity index (χ0) is 11.5. The Hall–Kier alpha value is -1.91. The van der Waals surface area contributed by atoms with Gasteiger partial charge in [-0.1, -0.05) is 0 Å². The van der Waals surface area contributed by atoms with Gasteiger partial charge < -0.3 is 4.57 Å². The van der Waals surface area contributed by atoms with Crippen LogP contribution in [-0.2, 0) is 6.54 Å². The molecule has 2 aromatic rings. The van der Waals surface area contributed by atoms with Gasteiger partial charge in [0.2, 0.25) is 0 Å².